The zero-order valence-electron chi connectivity index (χ0n) is 14.0. The number of aryl methyl sites for hydroxylation is 1. The Hall–Kier alpha value is -2.21. The standard InChI is InChI=1S/C18H19BrO5/c1-11-5-15(21-2)16(22-3)7-13(11)10-24-18-6-12(9-20)14(19)8-17(18)23-4/h5-9H,10H2,1-4H3. The van der Waals surface area contributed by atoms with Crippen molar-refractivity contribution < 1.29 is 23.7 Å². The fraction of sp³-hybridized carbons (Fsp3) is 0.278. The largest absolute Gasteiger partial charge is 0.493 e. The van der Waals surface area contributed by atoms with Gasteiger partial charge in [-0.05, 0) is 58.2 Å². The van der Waals surface area contributed by atoms with Gasteiger partial charge in [0.2, 0.25) is 0 Å². The Morgan fingerprint density at radius 2 is 1.50 bits per heavy atom. The number of carbonyl (C=O) groups is 1. The average molecular weight is 395 g/mol. The SMILES string of the molecule is COc1cc(C)c(COc2cc(C=O)c(Br)cc2OC)cc1OC. The van der Waals surface area contributed by atoms with Crippen LogP contribution in [0.25, 0.3) is 0 Å². The van der Waals surface area contributed by atoms with E-state index in [4.69, 9.17) is 18.9 Å². The van der Waals surface area contributed by atoms with Crippen LogP contribution in [0.1, 0.15) is 21.5 Å². The molecule has 0 unspecified atom stereocenters. The van der Waals surface area contributed by atoms with Crippen LogP contribution in [-0.4, -0.2) is 27.6 Å². The first-order valence-corrected chi connectivity index (χ1v) is 8.00. The molecular weight excluding hydrogens is 376 g/mol. The van der Waals surface area contributed by atoms with Gasteiger partial charge in [-0.2, -0.15) is 0 Å². The third kappa shape index (κ3) is 3.82. The summed E-state index contributed by atoms with van der Waals surface area (Å²) in [6, 6.07) is 7.12. The summed E-state index contributed by atoms with van der Waals surface area (Å²) >= 11 is 3.33. The maximum Gasteiger partial charge on any atom is 0.162 e. The molecule has 0 bridgehead atoms. The molecule has 0 saturated heterocycles. The fourth-order valence-corrected chi connectivity index (χ4v) is 2.66. The molecule has 0 N–H and O–H groups in total. The van der Waals surface area contributed by atoms with Crippen LogP contribution in [0.3, 0.4) is 0 Å². The van der Waals surface area contributed by atoms with Crippen molar-refractivity contribution in [3.05, 3.63) is 45.4 Å². The summed E-state index contributed by atoms with van der Waals surface area (Å²) in [5.74, 6) is 2.35. The lowest BCUT2D eigenvalue weighted by Gasteiger charge is -2.15. The first kappa shape index (κ1) is 18.1. The van der Waals surface area contributed by atoms with Crippen LogP contribution in [-0.2, 0) is 6.61 Å². The molecule has 128 valence electrons. The van der Waals surface area contributed by atoms with Crippen molar-refractivity contribution in [1.29, 1.82) is 0 Å². The second-order valence-electron chi connectivity index (χ2n) is 5.06. The molecule has 2 aromatic carbocycles. The zero-order valence-corrected chi connectivity index (χ0v) is 15.6. The Kier molecular flexibility index (Phi) is 6.09. The zero-order chi connectivity index (χ0) is 17.7. The third-order valence-corrected chi connectivity index (χ3v) is 4.32. The van der Waals surface area contributed by atoms with Gasteiger partial charge in [-0.1, -0.05) is 0 Å². The van der Waals surface area contributed by atoms with Crippen molar-refractivity contribution >= 4 is 22.2 Å². The highest BCUT2D eigenvalue weighted by Gasteiger charge is 2.13. The molecule has 2 rings (SSSR count). The Morgan fingerprint density at radius 3 is 2.08 bits per heavy atom. The molecule has 0 amide bonds. The lowest BCUT2D eigenvalue weighted by atomic mass is 10.1. The van der Waals surface area contributed by atoms with E-state index in [1.165, 1.54) is 0 Å². The molecule has 0 atom stereocenters. The van der Waals surface area contributed by atoms with E-state index >= 15 is 0 Å². The number of aldehydes is 1. The molecule has 0 aliphatic carbocycles. The molecule has 0 heterocycles. The highest BCUT2D eigenvalue weighted by molar-refractivity contribution is 9.10. The van der Waals surface area contributed by atoms with E-state index in [-0.39, 0.29) is 0 Å². The molecule has 0 spiro atoms. The van der Waals surface area contributed by atoms with E-state index < -0.39 is 0 Å². The topological polar surface area (TPSA) is 54.0 Å². The molecule has 0 radical (unpaired) electrons. The molecule has 0 aromatic heterocycles. The molecule has 0 saturated carbocycles. The maximum atomic E-state index is 11.1. The van der Waals surface area contributed by atoms with Gasteiger partial charge in [0.1, 0.15) is 6.61 Å². The van der Waals surface area contributed by atoms with E-state index in [0.717, 1.165) is 17.4 Å². The Balaban J connectivity index is 2.29. The Bertz CT molecular complexity index is 743. The van der Waals surface area contributed by atoms with Crippen LogP contribution in [0.5, 0.6) is 23.0 Å². The lowest BCUT2D eigenvalue weighted by molar-refractivity contribution is 0.112. The van der Waals surface area contributed by atoms with E-state index in [1.807, 2.05) is 19.1 Å². The molecule has 0 aliphatic rings. The van der Waals surface area contributed by atoms with Crippen LogP contribution < -0.4 is 18.9 Å². The van der Waals surface area contributed by atoms with Gasteiger partial charge in [0.05, 0.1) is 21.3 Å². The number of rotatable bonds is 7. The minimum atomic E-state index is 0.308. The summed E-state index contributed by atoms with van der Waals surface area (Å²) in [5.41, 5.74) is 2.46. The number of benzene rings is 2. The molecule has 0 aliphatic heterocycles. The highest BCUT2D eigenvalue weighted by Crippen LogP contribution is 2.35. The number of hydrogen-bond donors (Lipinski definition) is 0. The van der Waals surface area contributed by atoms with Crippen LogP contribution in [0.4, 0.5) is 0 Å². The number of hydrogen-bond acceptors (Lipinski definition) is 5. The van der Waals surface area contributed by atoms with Crippen molar-refractivity contribution in [3.63, 3.8) is 0 Å². The van der Waals surface area contributed by atoms with Crippen LogP contribution >= 0.6 is 15.9 Å². The predicted molar refractivity (Wildman–Crippen MR) is 94.7 cm³/mol. The van der Waals surface area contributed by atoms with Crippen molar-refractivity contribution in [2.45, 2.75) is 13.5 Å². The summed E-state index contributed by atoms with van der Waals surface area (Å²) in [6.07, 6.45) is 0.762. The number of ether oxygens (including phenoxy) is 4. The Morgan fingerprint density at radius 1 is 0.917 bits per heavy atom. The van der Waals surface area contributed by atoms with Crippen molar-refractivity contribution in [2.75, 3.05) is 21.3 Å². The average Bonchev–Trinajstić information content (AvgIpc) is 2.60. The smallest absolute Gasteiger partial charge is 0.162 e. The summed E-state index contributed by atoms with van der Waals surface area (Å²) in [7, 11) is 4.74. The number of carbonyl (C=O) groups excluding carboxylic acids is 1. The molecule has 6 heteroatoms. The maximum absolute atomic E-state index is 11.1. The van der Waals surface area contributed by atoms with Gasteiger partial charge in [-0.25, -0.2) is 0 Å². The van der Waals surface area contributed by atoms with E-state index in [0.29, 0.717) is 39.6 Å². The molecule has 24 heavy (non-hydrogen) atoms. The fourth-order valence-electron chi connectivity index (χ4n) is 2.25. The van der Waals surface area contributed by atoms with Crippen molar-refractivity contribution in [2.24, 2.45) is 0 Å². The minimum absolute atomic E-state index is 0.308. The van der Waals surface area contributed by atoms with Crippen molar-refractivity contribution in [3.8, 4) is 23.0 Å². The predicted octanol–water partition coefficient (Wildman–Crippen LogP) is 4.17. The van der Waals surface area contributed by atoms with E-state index in [1.54, 1.807) is 33.5 Å². The molecule has 2 aromatic rings. The molecule has 0 fully saturated rings. The van der Waals surface area contributed by atoms with Crippen LogP contribution in [0, 0.1) is 6.92 Å². The second-order valence-corrected chi connectivity index (χ2v) is 5.92. The molecular formula is C18H19BrO5. The van der Waals surface area contributed by atoms with Crippen LogP contribution in [0.2, 0.25) is 0 Å². The second kappa shape index (κ2) is 8.06. The Labute approximate surface area is 149 Å². The van der Waals surface area contributed by atoms with E-state index in [2.05, 4.69) is 15.9 Å². The van der Waals surface area contributed by atoms with Gasteiger partial charge < -0.3 is 18.9 Å². The first-order valence-electron chi connectivity index (χ1n) is 7.21. The van der Waals surface area contributed by atoms with Gasteiger partial charge in [-0.15, -0.1) is 0 Å². The monoisotopic (exact) mass is 394 g/mol. The van der Waals surface area contributed by atoms with Gasteiger partial charge in [-0.3, -0.25) is 4.79 Å². The third-order valence-electron chi connectivity index (χ3n) is 3.64. The van der Waals surface area contributed by atoms with Gasteiger partial charge in [0.25, 0.3) is 0 Å². The number of methoxy groups -OCH3 is 3. The minimum Gasteiger partial charge on any atom is -0.493 e. The normalized spacial score (nSPS) is 10.2. The van der Waals surface area contributed by atoms with E-state index in [9.17, 15) is 4.79 Å². The molecule has 5 nitrogen and oxygen atoms in total. The van der Waals surface area contributed by atoms with Gasteiger partial charge >= 0.3 is 0 Å². The summed E-state index contributed by atoms with van der Waals surface area (Å²) in [4.78, 5) is 11.1. The van der Waals surface area contributed by atoms with Gasteiger partial charge in [0, 0.05) is 10.0 Å². The lowest BCUT2D eigenvalue weighted by Crippen LogP contribution is -2.02. The highest BCUT2D eigenvalue weighted by atomic mass is 79.9. The number of halogens is 1. The summed E-state index contributed by atoms with van der Waals surface area (Å²) in [5, 5.41) is 0. The van der Waals surface area contributed by atoms with Gasteiger partial charge in [0.15, 0.2) is 29.3 Å². The van der Waals surface area contributed by atoms with Crippen molar-refractivity contribution in [1.82, 2.24) is 0 Å². The first-order chi connectivity index (χ1) is 11.5. The summed E-state index contributed by atoms with van der Waals surface area (Å²) in [6.45, 7) is 2.28. The summed E-state index contributed by atoms with van der Waals surface area (Å²) < 4.78 is 22.4. The van der Waals surface area contributed by atoms with Crippen LogP contribution in [0.15, 0.2) is 28.7 Å². The quantitative estimate of drug-likeness (QED) is 0.659.